The van der Waals surface area contributed by atoms with Crippen molar-refractivity contribution in [1.29, 1.82) is 0 Å². The van der Waals surface area contributed by atoms with Gasteiger partial charge in [0, 0.05) is 32.9 Å². The zero-order chi connectivity index (χ0) is 17.6. The van der Waals surface area contributed by atoms with Gasteiger partial charge in [0.1, 0.15) is 5.75 Å². The van der Waals surface area contributed by atoms with Crippen LogP contribution >= 0.6 is 0 Å². The first kappa shape index (κ1) is 17.5. The number of rotatable bonds is 8. The minimum absolute atomic E-state index is 0.162. The highest BCUT2D eigenvalue weighted by Crippen LogP contribution is 2.20. The number of amides is 1. The van der Waals surface area contributed by atoms with E-state index in [1.807, 2.05) is 55.2 Å². The summed E-state index contributed by atoms with van der Waals surface area (Å²) < 4.78 is 7.66. The van der Waals surface area contributed by atoms with Crippen LogP contribution in [0, 0.1) is 6.92 Å². The Morgan fingerprint density at radius 2 is 2.08 bits per heavy atom. The van der Waals surface area contributed by atoms with E-state index in [0.717, 1.165) is 25.3 Å². The molecule has 2 aromatic rings. The summed E-state index contributed by atoms with van der Waals surface area (Å²) in [5, 5.41) is 4.34. The Labute approximate surface area is 149 Å². The van der Waals surface area contributed by atoms with E-state index in [-0.39, 0.29) is 5.91 Å². The van der Waals surface area contributed by atoms with Crippen LogP contribution in [0.5, 0.6) is 5.75 Å². The number of benzene rings is 1. The highest BCUT2D eigenvalue weighted by atomic mass is 16.5. The van der Waals surface area contributed by atoms with Gasteiger partial charge >= 0.3 is 0 Å². The lowest BCUT2D eigenvalue weighted by Gasteiger charge is -2.39. The van der Waals surface area contributed by atoms with Crippen LogP contribution in [0.15, 0.2) is 42.7 Å². The second kappa shape index (κ2) is 8.16. The summed E-state index contributed by atoms with van der Waals surface area (Å²) in [5.41, 5.74) is 1.17. The minimum Gasteiger partial charge on any atom is -0.494 e. The van der Waals surface area contributed by atoms with Crippen LogP contribution in [0.25, 0.3) is 0 Å². The number of para-hydroxylation sites is 1. The molecular formula is C19H26N4O2. The maximum atomic E-state index is 12.3. The second-order valence-corrected chi connectivity index (χ2v) is 6.68. The predicted molar refractivity (Wildman–Crippen MR) is 96.6 cm³/mol. The van der Waals surface area contributed by atoms with Crippen molar-refractivity contribution >= 4 is 5.91 Å². The summed E-state index contributed by atoms with van der Waals surface area (Å²) >= 11 is 0. The van der Waals surface area contributed by atoms with E-state index >= 15 is 0 Å². The van der Waals surface area contributed by atoms with E-state index in [0.29, 0.717) is 25.7 Å². The lowest BCUT2D eigenvalue weighted by molar-refractivity contribution is -0.132. The third kappa shape index (κ3) is 4.82. The first-order chi connectivity index (χ1) is 12.1. The van der Waals surface area contributed by atoms with Crippen molar-refractivity contribution in [3.63, 3.8) is 0 Å². The smallest absolute Gasteiger partial charge is 0.236 e. The average Bonchev–Trinajstić information content (AvgIpc) is 3.01. The standard InChI is InChI=1S/C19H26N4O2/c1-16-11-20-23(12-16)17-13-22(14-17)15-19(24)21(2)9-6-10-25-18-7-4-3-5-8-18/h3-5,7-8,11-12,17H,6,9-10,13-15H2,1-2H3. The Morgan fingerprint density at radius 3 is 2.76 bits per heavy atom. The summed E-state index contributed by atoms with van der Waals surface area (Å²) in [6, 6.07) is 10.1. The molecule has 0 saturated carbocycles. The second-order valence-electron chi connectivity index (χ2n) is 6.68. The molecule has 0 unspecified atom stereocenters. The van der Waals surface area contributed by atoms with E-state index in [9.17, 15) is 4.79 Å². The molecule has 1 saturated heterocycles. The summed E-state index contributed by atoms with van der Waals surface area (Å²) in [4.78, 5) is 16.2. The van der Waals surface area contributed by atoms with E-state index in [4.69, 9.17) is 4.74 Å². The molecule has 0 bridgehead atoms. The summed E-state index contributed by atoms with van der Waals surface area (Å²) in [7, 11) is 1.86. The average molecular weight is 342 g/mol. The number of nitrogens with zero attached hydrogens (tertiary/aromatic N) is 4. The molecule has 6 heteroatoms. The molecule has 1 aromatic carbocycles. The number of carbonyl (C=O) groups is 1. The zero-order valence-electron chi connectivity index (χ0n) is 15.0. The molecule has 6 nitrogen and oxygen atoms in total. The number of likely N-dealkylation sites (tertiary alicyclic amines) is 1. The van der Waals surface area contributed by atoms with Crippen LogP contribution in [0.3, 0.4) is 0 Å². The van der Waals surface area contributed by atoms with Gasteiger partial charge in [0.05, 0.1) is 25.4 Å². The van der Waals surface area contributed by atoms with Crippen LogP contribution in [0.2, 0.25) is 0 Å². The monoisotopic (exact) mass is 342 g/mol. The molecule has 1 aromatic heterocycles. The fourth-order valence-corrected chi connectivity index (χ4v) is 2.92. The van der Waals surface area contributed by atoms with Crippen LogP contribution < -0.4 is 4.74 Å². The third-order valence-corrected chi connectivity index (χ3v) is 4.48. The molecule has 134 valence electrons. The Bertz CT molecular complexity index is 680. The highest BCUT2D eigenvalue weighted by Gasteiger charge is 2.30. The Hall–Kier alpha value is -2.34. The van der Waals surface area contributed by atoms with Gasteiger partial charge in [-0.15, -0.1) is 0 Å². The van der Waals surface area contributed by atoms with Gasteiger partial charge in [-0.2, -0.15) is 5.10 Å². The number of ether oxygens (including phenoxy) is 1. The number of aromatic nitrogens is 2. The highest BCUT2D eigenvalue weighted by molar-refractivity contribution is 5.78. The molecule has 0 spiro atoms. The molecule has 1 aliphatic rings. The summed E-state index contributed by atoms with van der Waals surface area (Å²) in [6.45, 7) is 5.62. The summed E-state index contributed by atoms with van der Waals surface area (Å²) in [6.07, 6.45) is 4.76. The molecule has 0 atom stereocenters. The van der Waals surface area contributed by atoms with Crippen molar-refractivity contribution in [2.45, 2.75) is 19.4 Å². The Kier molecular flexibility index (Phi) is 5.71. The van der Waals surface area contributed by atoms with Gasteiger partial charge in [0.15, 0.2) is 0 Å². The fourth-order valence-electron chi connectivity index (χ4n) is 2.92. The van der Waals surface area contributed by atoms with E-state index < -0.39 is 0 Å². The number of likely N-dealkylation sites (N-methyl/N-ethyl adjacent to an activating group) is 1. The third-order valence-electron chi connectivity index (χ3n) is 4.48. The zero-order valence-corrected chi connectivity index (χ0v) is 15.0. The van der Waals surface area contributed by atoms with E-state index in [1.54, 1.807) is 4.90 Å². The number of hydrogen-bond acceptors (Lipinski definition) is 4. The van der Waals surface area contributed by atoms with Gasteiger partial charge in [-0.05, 0) is 31.0 Å². The van der Waals surface area contributed by atoms with Crippen molar-refractivity contribution in [2.75, 3.05) is 39.8 Å². The van der Waals surface area contributed by atoms with Gasteiger partial charge in [0.25, 0.3) is 0 Å². The summed E-state index contributed by atoms with van der Waals surface area (Å²) in [5.74, 6) is 1.03. The first-order valence-electron chi connectivity index (χ1n) is 8.77. The quantitative estimate of drug-likeness (QED) is 0.689. The molecule has 1 fully saturated rings. The van der Waals surface area contributed by atoms with Crippen molar-refractivity contribution in [3.8, 4) is 5.75 Å². The largest absolute Gasteiger partial charge is 0.494 e. The van der Waals surface area contributed by atoms with Crippen LogP contribution in [-0.2, 0) is 4.79 Å². The van der Waals surface area contributed by atoms with Gasteiger partial charge in [-0.25, -0.2) is 0 Å². The first-order valence-corrected chi connectivity index (χ1v) is 8.77. The number of carbonyl (C=O) groups excluding carboxylic acids is 1. The van der Waals surface area contributed by atoms with Crippen molar-refractivity contribution < 1.29 is 9.53 Å². The fraction of sp³-hybridized carbons (Fsp3) is 0.474. The maximum Gasteiger partial charge on any atom is 0.236 e. The van der Waals surface area contributed by atoms with Gasteiger partial charge in [-0.3, -0.25) is 14.4 Å². The maximum absolute atomic E-state index is 12.3. The van der Waals surface area contributed by atoms with E-state index in [2.05, 4.69) is 16.2 Å². The van der Waals surface area contributed by atoms with Crippen molar-refractivity contribution in [2.24, 2.45) is 0 Å². The topological polar surface area (TPSA) is 50.6 Å². The van der Waals surface area contributed by atoms with Gasteiger partial charge < -0.3 is 9.64 Å². The lowest BCUT2D eigenvalue weighted by atomic mass is 10.1. The molecule has 2 heterocycles. The van der Waals surface area contributed by atoms with E-state index in [1.165, 1.54) is 5.56 Å². The van der Waals surface area contributed by atoms with Crippen LogP contribution in [0.1, 0.15) is 18.0 Å². The van der Waals surface area contributed by atoms with Crippen molar-refractivity contribution in [1.82, 2.24) is 19.6 Å². The molecule has 25 heavy (non-hydrogen) atoms. The molecule has 0 N–H and O–H groups in total. The molecule has 1 aliphatic heterocycles. The molecule has 0 aliphatic carbocycles. The molecule has 3 rings (SSSR count). The lowest BCUT2D eigenvalue weighted by Crippen LogP contribution is -2.51. The predicted octanol–water partition coefficient (Wildman–Crippen LogP) is 1.98. The van der Waals surface area contributed by atoms with Crippen LogP contribution in [0.4, 0.5) is 0 Å². The SMILES string of the molecule is Cc1cnn(C2CN(CC(=O)N(C)CCCOc3ccccc3)C2)c1. The molecule has 1 amide bonds. The number of hydrogen-bond donors (Lipinski definition) is 0. The number of aryl methyl sites for hydroxylation is 1. The van der Waals surface area contributed by atoms with Gasteiger partial charge in [0.2, 0.25) is 5.91 Å². The van der Waals surface area contributed by atoms with Crippen molar-refractivity contribution in [3.05, 3.63) is 48.3 Å². The molecule has 0 radical (unpaired) electrons. The van der Waals surface area contributed by atoms with Gasteiger partial charge in [-0.1, -0.05) is 18.2 Å². The molecular weight excluding hydrogens is 316 g/mol. The minimum atomic E-state index is 0.162. The Balaban J connectivity index is 1.30. The normalized spacial score (nSPS) is 15.0. The van der Waals surface area contributed by atoms with Crippen LogP contribution in [-0.4, -0.2) is 65.3 Å². The Morgan fingerprint density at radius 1 is 1.32 bits per heavy atom.